The van der Waals surface area contributed by atoms with Crippen LogP contribution in [0.15, 0.2) is 68.6 Å². The third kappa shape index (κ3) is 7.07. The second-order valence-corrected chi connectivity index (χ2v) is 11.2. The minimum Gasteiger partial charge on any atom is -0.508 e. The fraction of sp³-hybridized carbons (Fsp3) is 0.355. The van der Waals surface area contributed by atoms with Crippen LogP contribution in [0.5, 0.6) is 5.75 Å². The first-order valence-electron chi connectivity index (χ1n) is 14.4. The van der Waals surface area contributed by atoms with Crippen molar-refractivity contribution in [1.82, 2.24) is 14.0 Å². The van der Waals surface area contributed by atoms with Crippen molar-refractivity contribution in [2.75, 3.05) is 31.1 Å². The lowest BCUT2D eigenvalue weighted by Gasteiger charge is -2.36. The number of benzene rings is 2. The Balaban J connectivity index is 1.52. The maximum Gasteiger partial charge on any atom is 0.449 e. The third-order valence-corrected chi connectivity index (χ3v) is 8.12. The number of hydrogen-bond donors (Lipinski definition) is 2. The average Bonchev–Trinajstić information content (AvgIpc) is 3.48. The van der Waals surface area contributed by atoms with Crippen LogP contribution < -0.4 is 21.9 Å². The predicted octanol–water partition coefficient (Wildman–Crippen LogP) is 4.86. The van der Waals surface area contributed by atoms with E-state index in [2.05, 4.69) is 0 Å². The van der Waals surface area contributed by atoms with E-state index in [1.54, 1.807) is 21.9 Å². The van der Waals surface area contributed by atoms with Gasteiger partial charge in [0.25, 0.3) is 5.56 Å². The fourth-order valence-electron chi connectivity index (χ4n) is 5.70. The van der Waals surface area contributed by atoms with Gasteiger partial charge in [-0.25, -0.2) is 9.18 Å². The Bertz CT molecular complexity index is 1870. The molecule has 0 saturated carbocycles. The van der Waals surface area contributed by atoms with Gasteiger partial charge in [-0.2, -0.15) is 26.3 Å². The molecule has 1 atom stereocenters. The van der Waals surface area contributed by atoms with Crippen molar-refractivity contribution in [3.8, 4) is 5.75 Å². The lowest BCUT2D eigenvalue weighted by molar-refractivity contribution is -0.153. The molecule has 0 spiro atoms. The van der Waals surface area contributed by atoms with Crippen LogP contribution in [-0.4, -0.2) is 45.3 Å². The summed E-state index contributed by atoms with van der Waals surface area (Å²) < 4.78 is 102. The Kier molecular flexibility index (Phi) is 9.28. The number of para-hydroxylation sites is 1. The number of phenols is 1. The zero-order valence-corrected chi connectivity index (χ0v) is 24.9. The molecule has 1 fully saturated rings. The molecule has 16 heteroatoms. The van der Waals surface area contributed by atoms with Gasteiger partial charge in [-0.3, -0.25) is 18.8 Å². The molecule has 4 aromatic rings. The SMILES string of the molecule is Cc1c(N2CCN(Cc3ccc(C(F)(F)F)o3)CC2)c(=O)n(C[C@@H](N)c2ccccc2O)c(=O)n1Cc1c(F)cccc1C(F)(F)F. The van der Waals surface area contributed by atoms with Crippen LogP contribution in [0.1, 0.15) is 39.9 Å². The number of rotatable bonds is 8. The quantitative estimate of drug-likeness (QED) is 0.258. The molecule has 0 aliphatic carbocycles. The van der Waals surface area contributed by atoms with Crippen molar-refractivity contribution in [2.24, 2.45) is 5.73 Å². The van der Waals surface area contributed by atoms with Crippen molar-refractivity contribution in [3.63, 3.8) is 0 Å². The number of piperazine rings is 1. The summed E-state index contributed by atoms with van der Waals surface area (Å²) >= 11 is 0. The van der Waals surface area contributed by atoms with Crippen LogP contribution in [0.3, 0.4) is 0 Å². The van der Waals surface area contributed by atoms with E-state index in [9.17, 15) is 45.4 Å². The Morgan fingerprint density at radius 1 is 0.872 bits per heavy atom. The molecule has 0 unspecified atom stereocenters. The Labute approximate surface area is 262 Å². The zero-order valence-electron chi connectivity index (χ0n) is 24.9. The summed E-state index contributed by atoms with van der Waals surface area (Å²) in [5.41, 5.74) is 2.54. The monoisotopic (exact) mass is 669 g/mol. The van der Waals surface area contributed by atoms with Crippen LogP contribution in [-0.2, 0) is 32.0 Å². The molecule has 5 rings (SSSR count). The molecule has 252 valence electrons. The number of phenolic OH excluding ortho intramolecular Hbond substituents is 1. The first-order chi connectivity index (χ1) is 22.1. The van der Waals surface area contributed by atoms with Crippen molar-refractivity contribution in [1.29, 1.82) is 0 Å². The van der Waals surface area contributed by atoms with Crippen molar-refractivity contribution < 1.29 is 40.3 Å². The molecule has 47 heavy (non-hydrogen) atoms. The Morgan fingerprint density at radius 2 is 1.55 bits per heavy atom. The molecule has 1 saturated heterocycles. The summed E-state index contributed by atoms with van der Waals surface area (Å²) in [7, 11) is 0. The number of halogens is 7. The molecule has 2 aromatic carbocycles. The van der Waals surface area contributed by atoms with Gasteiger partial charge in [-0.05, 0) is 37.3 Å². The van der Waals surface area contributed by atoms with Gasteiger partial charge < -0.3 is 20.2 Å². The molecule has 3 N–H and O–H groups in total. The number of nitrogens with zero attached hydrogens (tertiary/aromatic N) is 4. The lowest BCUT2D eigenvalue weighted by Crippen LogP contribution is -2.51. The van der Waals surface area contributed by atoms with Gasteiger partial charge >= 0.3 is 18.0 Å². The summed E-state index contributed by atoms with van der Waals surface area (Å²) in [5, 5.41) is 10.3. The van der Waals surface area contributed by atoms with E-state index >= 15 is 0 Å². The number of aromatic hydroxyl groups is 1. The minimum atomic E-state index is -4.94. The summed E-state index contributed by atoms with van der Waals surface area (Å²) in [6, 6.07) is 9.38. The number of anilines is 1. The van der Waals surface area contributed by atoms with Crippen LogP contribution in [0.25, 0.3) is 0 Å². The van der Waals surface area contributed by atoms with Gasteiger partial charge in [0.15, 0.2) is 0 Å². The highest BCUT2D eigenvalue weighted by Gasteiger charge is 2.36. The smallest absolute Gasteiger partial charge is 0.449 e. The van der Waals surface area contributed by atoms with E-state index in [4.69, 9.17) is 10.2 Å². The van der Waals surface area contributed by atoms with E-state index in [1.165, 1.54) is 25.1 Å². The van der Waals surface area contributed by atoms with Crippen LogP contribution in [0.2, 0.25) is 0 Å². The maximum atomic E-state index is 14.9. The fourth-order valence-corrected chi connectivity index (χ4v) is 5.70. The molecule has 1 aliphatic heterocycles. The van der Waals surface area contributed by atoms with Crippen molar-refractivity contribution in [2.45, 2.75) is 45.0 Å². The molecule has 1 aliphatic rings. The summed E-state index contributed by atoms with van der Waals surface area (Å²) in [6.45, 7) is 0.909. The normalized spacial score (nSPS) is 15.3. The molecule has 2 aromatic heterocycles. The largest absolute Gasteiger partial charge is 0.508 e. The first-order valence-corrected chi connectivity index (χ1v) is 14.4. The molecule has 0 amide bonds. The standard InChI is InChI=1S/C31H30F7N5O4/c1-18-27(41-13-11-40(12-14-41)15-19-9-10-26(47-19)31(36,37)38)28(45)43(17-24(39)20-5-2-3-8-25(20)44)29(46)42(18)16-21-22(30(33,34)35)6-4-7-23(21)32/h2-10,24,44H,11-17,39H2,1H3/t24-/m1/s1. The highest BCUT2D eigenvalue weighted by Crippen LogP contribution is 2.34. The summed E-state index contributed by atoms with van der Waals surface area (Å²) in [6.07, 6.45) is -9.58. The zero-order chi connectivity index (χ0) is 34.3. The maximum absolute atomic E-state index is 14.9. The van der Waals surface area contributed by atoms with E-state index in [0.717, 1.165) is 27.3 Å². The first kappa shape index (κ1) is 33.8. The van der Waals surface area contributed by atoms with Crippen LogP contribution >= 0.6 is 0 Å². The molecular formula is C31H30F7N5O4. The minimum absolute atomic E-state index is 0.0157. The highest BCUT2D eigenvalue weighted by atomic mass is 19.4. The van der Waals surface area contributed by atoms with Gasteiger partial charge in [-0.15, -0.1) is 0 Å². The molecule has 0 bridgehead atoms. The Morgan fingerprint density at radius 3 is 2.17 bits per heavy atom. The van der Waals surface area contributed by atoms with Crippen LogP contribution in [0.4, 0.5) is 36.4 Å². The predicted molar refractivity (Wildman–Crippen MR) is 156 cm³/mol. The number of nitrogens with two attached hydrogens (primary N) is 1. The highest BCUT2D eigenvalue weighted by molar-refractivity contribution is 5.50. The average molecular weight is 670 g/mol. The third-order valence-electron chi connectivity index (χ3n) is 8.12. The summed E-state index contributed by atoms with van der Waals surface area (Å²) in [4.78, 5) is 31.1. The molecule has 3 heterocycles. The van der Waals surface area contributed by atoms with E-state index < -0.39 is 65.4 Å². The van der Waals surface area contributed by atoms with Crippen molar-refractivity contribution >= 4 is 5.69 Å². The van der Waals surface area contributed by atoms with E-state index in [-0.39, 0.29) is 61.2 Å². The van der Waals surface area contributed by atoms with Crippen LogP contribution in [0, 0.1) is 12.7 Å². The number of hydrogen-bond acceptors (Lipinski definition) is 7. The number of alkyl halides is 6. The van der Waals surface area contributed by atoms with Gasteiger partial charge in [0, 0.05) is 43.0 Å². The second-order valence-electron chi connectivity index (χ2n) is 11.2. The van der Waals surface area contributed by atoms with Gasteiger partial charge in [-0.1, -0.05) is 24.3 Å². The topological polar surface area (TPSA) is 110 Å². The lowest BCUT2D eigenvalue weighted by atomic mass is 10.1. The van der Waals surface area contributed by atoms with Gasteiger partial charge in [0.2, 0.25) is 5.76 Å². The molecular weight excluding hydrogens is 639 g/mol. The second kappa shape index (κ2) is 12.9. The molecule has 9 nitrogen and oxygen atoms in total. The number of aromatic nitrogens is 2. The van der Waals surface area contributed by atoms with Gasteiger partial charge in [0.1, 0.15) is 23.0 Å². The van der Waals surface area contributed by atoms with E-state index in [1.807, 2.05) is 0 Å². The van der Waals surface area contributed by atoms with Crippen molar-refractivity contribution in [3.05, 3.63) is 115 Å². The van der Waals surface area contributed by atoms with E-state index in [0.29, 0.717) is 6.07 Å². The summed E-state index contributed by atoms with van der Waals surface area (Å²) in [5.74, 6) is -2.44. The number of furan rings is 1. The van der Waals surface area contributed by atoms with Gasteiger partial charge in [0.05, 0.1) is 31.2 Å². The molecule has 0 radical (unpaired) electrons. The Hall–Kier alpha value is -4.57.